The van der Waals surface area contributed by atoms with Gasteiger partial charge in [-0.25, -0.2) is 22.7 Å². The molecule has 0 bridgehead atoms. The lowest BCUT2D eigenvalue weighted by Crippen LogP contribution is -2.31. The molecule has 1 aliphatic rings. The van der Waals surface area contributed by atoms with E-state index in [1.165, 1.54) is 28.8 Å². The molecule has 2 aromatic carbocycles. The Morgan fingerprint density at radius 1 is 1.16 bits per heavy atom. The fraction of sp³-hybridized carbons (Fsp3) is 0.364. The summed E-state index contributed by atoms with van der Waals surface area (Å²) in [5.41, 5.74) is 1.44. The van der Waals surface area contributed by atoms with Crippen molar-refractivity contribution in [2.24, 2.45) is 0 Å². The third-order valence-corrected chi connectivity index (χ3v) is 6.70. The highest BCUT2D eigenvalue weighted by Gasteiger charge is 2.20. The number of sulfonamides is 1. The lowest BCUT2D eigenvalue weighted by atomic mass is 10.2. The molecule has 9 nitrogen and oxygen atoms in total. The van der Waals surface area contributed by atoms with Crippen LogP contribution in [0.25, 0.3) is 11.1 Å². The second-order valence-electron chi connectivity index (χ2n) is 7.49. The molecule has 0 aliphatic carbocycles. The van der Waals surface area contributed by atoms with Crippen molar-refractivity contribution in [2.75, 3.05) is 19.8 Å². The van der Waals surface area contributed by atoms with E-state index in [9.17, 15) is 18.0 Å². The molecule has 0 spiro atoms. The zero-order valence-electron chi connectivity index (χ0n) is 17.4. The summed E-state index contributed by atoms with van der Waals surface area (Å²) in [4.78, 5) is 24.3. The smallest absolute Gasteiger partial charge is 0.419 e. The summed E-state index contributed by atoms with van der Waals surface area (Å²) in [5, 5.41) is 0. The SMILES string of the molecule is O=C(OCCCn1c(=O)oc2ccccc21)c1ccc(S(=O)(=O)NCC2CCCO2)cc1. The maximum absolute atomic E-state index is 12.4. The number of aryl methyl sites for hydroxylation is 1. The predicted octanol–water partition coefficient (Wildman–Crippen LogP) is 2.30. The summed E-state index contributed by atoms with van der Waals surface area (Å²) in [6, 6.07) is 12.7. The summed E-state index contributed by atoms with van der Waals surface area (Å²) in [7, 11) is -3.68. The summed E-state index contributed by atoms with van der Waals surface area (Å²) >= 11 is 0. The van der Waals surface area contributed by atoms with Crippen LogP contribution < -0.4 is 10.5 Å². The van der Waals surface area contributed by atoms with E-state index in [1.54, 1.807) is 18.2 Å². The van der Waals surface area contributed by atoms with Crippen molar-refractivity contribution in [1.29, 1.82) is 0 Å². The Morgan fingerprint density at radius 3 is 2.69 bits per heavy atom. The van der Waals surface area contributed by atoms with Gasteiger partial charge in [0.2, 0.25) is 10.0 Å². The van der Waals surface area contributed by atoms with Gasteiger partial charge in [0.25, 0.3) is 0 Å². The molecule has 0 saturated carbocycles. The Bertz CT molecular complexity index is 1240. The normalized spacial score (nSPS) is 16.4. The number of carbonyl (C=O) groups excluding carboxylic acids is 1. The molecular weight excluding hydrogens is 436 g/mol. The van der Waals surface area contributed by atoms with Gasteiger partial charge in [-0.05, 0) is 55.7 Å². The fourth-order valence-corrected chi connectivity index (χ4v) is 4.62. The highest BCUT2D eigenvalue weighted by molar-refractivity contribution is 7.89. The molecule has 2 heterocycles. The number of aromatic nitrogens is 1. The number of carbonyl (C=O) groups is 1. The maximum atomic E-state index is 12.4. The molecule has 170 valence electrons. The first-order chi connectivity index (χ1) is 15.4. The fourth-order valence-electron chi connectivity index (χ4n) is 3.56. The van der Waals surface area contributed by atoms with Crippen LogP contribution in [0, 0.1) is 0 Å². The number of hydrogen-bond donors (Lipinski definition) is 1. The third kappa shape index (κ3) is 5.09. The van der Waals surface area contributed by atoms with E-state index in [0.717, 1.165) is 12.8 Å². The number of para-hydroxylation sites is 2. The quantitative estimate of drug-likeness (QED) is 0.385. The van der Waals surface area contributed by atoms with Crippen molar-refractivity contribution in [2.45, 2.75) is 36.8 Å². The molecule has 1 atom stereocenters. The second-order valence-corrected chi connectivity index (χ2v) is 9.26. The van der Waals surface area contributed by atoms with Gasteiger partial charge in [-0.15, -0.1) is 0 Å². The van der Waals surface area contributed by atoms with Gasteiger partial charge in [-0.1, -0.05) is 12.1 Å². The average Bonchev–Trinajstić information content (AvgIpc) is 3.43. The number of nitrogens with one attached hydrogen (secondary N) is 1. The summed E-state index contributed by atoms with van der Waals surface area (Å²) < 4.78 is 44.7. The van der Waals surface area contributed by atoms with Crippen molar-refractivity contribution >= 4 is 27.1 Å². The first-order valence-corrected chi connectivity index (χ1v) is 11.9. The van der Waals surface area contributed by atoms with Gasteiger partial charge in [0, 0.05) is 19.7 Å². The van der Waals surface area contributed by atoms with Crippen LogP contribution in [-0.4, -0.2) is 44.8 Å². The summed E-state index contributed by atoms with van der Waals surface area (Å²) in [6.07, 6.45) is 2.08. The van der Waals surface area contributed by atoms with Crippen molar-refractivity contribution < 1.29 is 27.1 Å². The molecule has 1 fully saturated rings. The first-order valence-electron chi connectivity index (χ1n) is 10.4. The number of nitrogens with zero attached hydrogens (tertiary/aromatic N) is 1. The minimum atomic E-state index is -3.68. The average molecular weight is 461 g/mol. The minimum absolute atomic E-state index is 0.0678. The van der Waals surface area contributed by atoms with Crippen LogP contribution in [0.5, 0.6) is 0 Å². The molecule has 1 saturated heterocycles. The third-order valence-electron chi connectivity index (χ3n) is 5.26. The van der Waals surface area contributed by atoms with Crippen LogP contribution in [0.1, 0.15) is 29.6 Å². The largest absolute Gasteiger partial charge is 0.462 e. The van der Waals surface area contributed by atoms with E-state index in [1.807, 2.05) is 6.07 Å². The monoisotopic (exact) mass is 460 g/mol. The lowest BCUT2D eigenvalue weighted by molar-refractivity contribution is 0.0495. The van der Waals surface area contributed by atoms with Crippen LogP contribution in [0.4, 0.5) is 0 Å². The molecule has 4 rings (SSSR count). The minimum Gasteiger partial charge on any atom is -0.462 e. The van der Waals surface area contributed by atoms with E-state index >= 15 is 0 Å². The van der Waals surface area contributed by atoms with Crippen molar-refractivity contribution in [3.05, 3.63) is 64.6 Å². The number of esters is 1. The predicted molar refractivity (Wildman–Crippen MR) is 116 cm³/mol. The zero-order valence-corrected chi connectivity index (χ0v) is 18.2. The van der Waals surface area contributed by atoms with E-state index in [0.29, 0.717) is 30.7 Å². The number of ether oxygens (including phenoxy) is 2. The molecule has 32 heavy (non-hydrogen) atoms. The van der Waals surface area contributed by atoms with Gasteiger partial charge in [-0.2, -0.15) is 0 Å². The van der Waals surface area contributed by atoms with Crippen molar-refractivity contribution in [3.8, 4) is 0 Å². The van der Waals surface area contributed by atoms with E-state index in [-0.39, 0.29) is 29.7 Å². The Labute approximate surface area is 185 Å². The van der Waals surface area contributed by atoms with E-state index in [2.05, 4.69) is 4.72 Å². The Morgan fingerprint density at radius 2 is 1.94 bits per heavy atom. The van der Waals surface area contributed by atoms with Gasteiger partial charge in [0.15, 0.2) is 5.58 Å². The van der Waals surface area contributed by atoms with E-state index in [4.69, 9.17) is 13.9 Å². The number of hydrogen-bond acceptors (Lipinski definition) is 7. The van der Waals surface area contributed by atoms with Gasteiger partial charge in [0.1, 0.15) is 0 Å². The Kier molecular flexibility index (Phi) is 6.73. The van der Waals surface area contributed by atoms with Gasteiger partial charge < -0.3 is 13.9 Å². The Hall–Kier alpha value is -2.95. The van der Waals surface area contributed by atoms with Crippen molar-refractivity contribution in [3.63, 3.8) is 0 Å². The second kappa shape index (κ2) is 9.68. The number of fused-ring (bicyclic) bond motifs is 1. The summed E-state index contributed by atoms with van der Waals surface area (Å²) in [5.74, 6) is -1.02. The Balaban J connectivity index is 1.28. The van der Waals surface area contributed by atoms with Gasteiger partial charge in [-0.3, -0.25) is 4.57 Å². The highest BCUT2D eigenvalue weighted by atomic mass is 32.2. The molecule has 1 aliphatic heterocycles. The zero-order chi connectivity index (χ0) is 22.6. The van der Waals surface area contributed by atoms with Crippen LogP contribution in [-0.2, 0) is 26.0 Å². The van der Waals surface area contributed by atoms with Gasteiger partial charge >= 0.3 is 11.7 Å². The topological polar surface area (TPSA) is 117 Å². The van der Waals surface area contributed by atoms with Gasteiger partial charge in [0.05, 0.1) is 28.7 Å². The molecule has 3 aromatic rings. The first kappa shape index (κ1) is 22.3. The standard InChI is InChI=1S/C22H24N2O7S/c25-21(30-14-4-12-24-19-6-1-2-7-20(19)31-22(24)26)16-8-10-18(11-9-16)32(27,28)23-15-17-5-3-13-29-17/h1-2,6-11,17,23H,3-5,12-15H2. The van der Waals surface area contributed by atoms with Crippen LogP contribution in [0.3, 0.4) is 0 Å². The number of benzene rings is 2. The molecule has 1 N–H and O–H groups in total. The summed E-state index contributed by atoms with van der Waals surface area (Å²) in [6.45, 7) is 1.32. The lowest BCUT2D eigenvalue weighted by Gasteiger charge is -2.11. The molecule has 1 unspecified atom stereocenters. The van der Waals surface area contributed by atoms with Crippen LogP contribution in [0.2, 0.25) is 0 Å². The molecular formula is C22H24N2O7S. The molecule has 0 amide bonds. The number of oxazole rings is 1. The van der Waals surface area contributed by atoms with Crippen LogP contribution in [0.15, 0.2) is 62.6 Å². The molecule has 0 radical (unpaired) electrons. The number of rotatable bonds is 9. The van der Waals surface area contributed by atoms with Crippen molar-refractivity contribution in [1.82, 2.24) is 9.29 Å². The maximum Gasteiger partial charge on any atom is 0.419 e. The molecule has 1 aromatic heterocycles. The highest BCUT2D eigenvalue weighted by Crippen LogP contribution is 2.15. The van der Waals surface area contributed by atoms with E-state index < -0.39 is 21.7 Å². The van der Waals surface area contributed by atoms with Crippen LogP contribution >= 0.6 is 0 Å². The molecule has 10 heteroatoms.